The van der Waals surface area contributed by atoms with Crippen molar-refractivity contribution < 1.29 is 0 Å². The molecule has 1 aliphatic carbocycles. The van der Waals surface area contributed by atoms with Gasteiger partial charge in [-0.15, -0.1) is 0 Å². The fraction of sp³-hybridized carbons (Fsp3) is 0.667. The molecule has 2 unspecified atom stereocenters. The van der Waals surface area contributed by atoms with Crippen molar-refractivity contribution in [2.45, 2.75) is 39.0 Å². The van der Waals surface area contributed by atoms with Crippen molar-refractivity contribution in [3.63, 3.8) is 0 Å². The quantitative estimate of drug-likeness (QED) is 0.827. The van der Waals surface area contributed by atoms with Crippen molar-refractivity contribution in [2.75, 3.05) is 23.7 Å². The molecule has 18 heavy (non-hydrogen) atoms. The second kappa shape index (κ2) is 4.79. The molecule has 2 atom stereocenters. The second-order valence-corrected chi connectivity index (χ2v) is 5.94. The van der Waals surface area contributed by atoms with Gasteiger partial charge in [-0.3, -0.25) is 0 Å². The summed E-state index contributed by atoms with van der Waals surface area (Å²) in [4.78, 5) is 6.98. The van der Waals surface area contributed by atoms with Gasteiger partial charge >= 0.3 is 0 Å². The van der Waals surface area contributed by atoms with Crippen LogP contribution in [0.3, 0.4) is 0 Å². The Bertz CT molecular complexity index is 430. The maximum Gasteiger partial charge on any atom is 0.130 e. The fourth-order valence-corrected chi connectivity index (χ4v) is 3.51. The molecule has 1 aromatic heterocycles. The number of aromatic nitrogens is 1. The van der Waals surface area contributed by atoms with Gasteiger partial charge in [0.05, 0.1) is 0 Å². The Morgan fingerprint density at radius 1 is 1.22 bits per heavy atom. The zero-order valence-electron chi connectivity index (χ0n) is 11.2. The van der Waals surface area contributed by atoms with Gasteiger partial charge in [-0.2, -0.15) is 0 Å². The van der Waals surface area contributed by atoms with Gasteiger partial charge in [-0.05, 0) is 37.2 Å². The third-order valence-electron chi connectivity index (χ3n) is 4.75. The van der Waals surface area contributed by atoms with E-state index in [1.54, 1.807) is 0 Å². The highest BCUT2D eigenvalue weighted by Crippen LogP contribution is 2.37. The van der Waals surface area contributed by atoms with Gasteiger partial charge in [0, 0.05) is 31.0 Å². The van der Waals surface area contributed by atoms with Crippen molar-refractivity contribution in [3.8, 4) is 0 Å². The van der Waals surface area contributed by atoms with Crippen LogP contribution in [0.15, 0.2) is 12.3 Å². The lowest BCUT2D eigenvalue weighted by Gasteiger charge is -2.41. The molecule has 3 nitrogen and oxygen atoms in total. The minimum atomic E-state index is 0.866. The predicted molar refractivity (Wildman–Crippen MR) is 75.7 cm³/mol. The van der Waals surface area contributed by atoms with Crippen LogP contribution >= 0.6 is 0 Å². The predicted octanol–water partition coefficient (Wildman–Crippen LogP) is 2.99. The molecule has 2 aliphatic rings. The van der Waals surface area contributed by atoms with Crippen LogP contribution in [-0.2, 0) is 0 Å². The molecule has 1 saturated heterocycles. The third kappa shape index (κ3) is 2.18. The van der Waals surface area contributed by atoms with E-state index in [2.05, 4.69) is 9.88 Å². The Morgan fingerprint density at radius 3 is 2.78 bits per heavy atom. The average molecular weight is 245 g/mol. The van der Waals surface area contributed by atoms with E-state index in [4.69, 9.17) is 5.73 Å². The van der Waals surface area contributed by atoms with Gasteiger partial charge in [-0.25, -0.2) is 4.98 Å². The Balaban J connectivity index is 1.75. The van der Waals surface area contributed by atoms with Crippen molar-refractivity contribution in [2.24, 2.45) is 11.8 Å². The van der Waals surface area contributed by atoms with Crippen LogP contribution in [0, 0.1) is 18.8 Å². The van der Waals surface area contributed by atoms with Crippen LogP contribution in [0.25, 0.3) is 0 Å². The smallest absolute Gasteiger partial charge is 0.130 e. The van der Waals surface area contributed by atoms with Crippen molar-refractivity contribution >= 4 is 11.5 Å². The summed E-state index contributed by atoms with van der Waals surface area (Å²) < 4.78 is 0. The minimum absolute atomic E-state index is 0.866. The van der Waals surface area contributed by atoms with Gasteiger partial charge in [0.25, 0.3) is 0 Å². The number of hydrogen-bond acceptors (Lipinski definition) is 3. The lowest BCUT2D eigenvalue weighted by atomic mass is 9.75. The van der Waals surface area contributed by atoms with E-state index in [1.807, 2.05) is 19.2 Å². The van der Waals surface area contributed by atoms with E-state index in [9.17, 15) is 0 Å². The van der Waals surface area contributed by atoms with Crippen LogP contribution < -0.4 is 10.6 Å². The maximum atomic E-state index is 5.99. The van der Waals surface area contributed by atoms with E-state index < -0.39 is 0 Å². The SMILES string of the molecule is Cc1cnc(N2CCC3CCCCC3C2)cc1N. The Labute approximate surface area is 109 Å². The zero-order chi connectivity index (χ0) is 12.5. The van der Waals surface area contributed by atoms with Gasteiger partial charge in [-0.1, -0.05) is 19.3 Å². The number of nitrogens with two attached hydrogens (primary N) is 1. The highest BCUT2D eigenvalue weighted by atomic mass is 15.2. The van der Waals surface area contributed by atoms with Crippen molar-refractivity contribution in [3.05, 3.63) is 17.8 Å². The highest BCUT2D eigenvalue weighted by molar-refractivity contribution is 5.54. The van der Waals surface area contributed by atoms with E-state index >= 15 is 0 Å². The molecule has 0 aromatic carbocycles. The maximum absolute atomic E-state index is 5.99. The number of piperidine rings is 1. The molecule has 98 valence electrons. The first-order valence-corrected chi connectivity index (χ1v) is 7.21. The molecular weight excluding hydrogens is 222 g/mol. The molecule has 0 spiro atoms. The Morgan fingerprint density at radius 2 is 2.00 bits per heavy atom. The number of anilines is 2. The molecule has 3 heteroatoms. The lowest BCUT2D eigenvalue weighted by Crippen LogP contribution is -2.42. The molecule has 1 saturated carbocycles. The summed E-state index contributed by atoms with van der Waals surface area (Å²) in [6, 6.07) is 2.04. The number of fused-ring (bicyclic) bond motifs is 1. The fourth-order valence-electron chi connectivity index (χ4n) is 3.51. The van der Waals surface area contributed by atoms with Crippen LogP contribution in [0.2, 0.25) is 0 Å². The first-order chi connectivity index (χ1) is 8.74. The topological polar surface area (TPSA) is 42.2 Å². The van der Waals surface area contributed by atoms with E-state index in [0.29, 0.717) is 0 Å². The van der Waals surface area contributed by atoms with Crippen LogP contribution in [0.4, 0.5) is 11.5 Å². The molecular formula is C15H23N3. The number of aryl methyl sites for hydroxylation is 1. The second-order valence-electron chi connectivity index (χ2n) is 5.94. The van der Waals surface area contributed by atoms with E-state index in [1.165, 1.54) is 38.6 Å². The number of nitrogen functional groups attached to an aromatic ring is 1. The zero-order valence-corrected chi connectivity index (χ0v) is 11.2. The summed E-state index contributed by atoms with van der Waals surface area (Å²) in [5.74, 6) is 2.93. The van der Waals surface area contributed by atoms with Gasteiger partial charge < -0.3 is 10.6 Å². The molecule has 2 fully saturated rings. The average Bonchev–Trinajstić information content (AvgIpc) is 2.41. The molecule has 0 bridgehead atoms. The Kier molecular flexibility index (Phi) is 3.14. The van der Waals surface area contributed by atoms with Crippen LogP contribution in [0.1, 0.15) is 37.7 Å². The monoisotopic (exact) mass is 245 g/mol. The molecule has 2 heterocycles. The van der Waals surface area contributed by atoms with E-state index in [0.717, 1.165) is 35.4 Å². The molecule has 2 N–H and O–H groups in total. The molecule has 3 rings (SSSR count). The number of nitrogens with zero attached hydrogens (tertiary/aromatic N) is 2. The number of hydrogen-bond donors (Lipinski definition) is 1. The largest absolute Gasteiger partial charge is 0.398 e. The summed E-state index contributed by atoms with van der Waals surface area (Å²) in [7, 11) is 0. The molecule has 1 aromatic rings. The minimum Gasteiger partial charge on any atom is -0.398 e. The lowest BCUT2D eigenvalue weighted by molar-refractivity contribution is 0.202. The first-order valence-electron chi connectivity index (χ1n) is 7.21. The summed E-state index contributed by atoms with van der Waals surface area (Å²) in [6.45, 7) is 4.34. The van der Waals surface area contributed by atoms with Crippen molar-refractivity contribution in [1.29, 1.82) is 0 Å². The van der Waals surface area contributed by atoms with E-state index in [-0.39, 0.29) is 0 Å². The molecule has 0 amide bonds. The molecule has 0 radical (unpaired) electrons. The first kappa shape index (κ1) is 11.8. The van der Waals surface area contributed by atoms with Gasteiger partial charge in [0.2, 0.25) is 0 Å². The summed E-state index contributed by atoms with van der Waals surface area (Å²) in [6.07, 6.45) is 8.94. The molecule has 1 aliphatic heterocycles. The standard InChI is InChI=1S/C15H23N3/c1-11-9-17-15(8-14(11)16)18-7-6-12-4-2-3-5-13(12)10-18/h8-9,12-13H,2-7,10H2,1H3,(H2,16,17). The summed E-state index contributed by atoms with van der Waals surface area (Å²) in [5.41, 5.74) is 7.93. The van der Waals surface area contributed by atoms with Crippen LogP contribution in [-0.4, -0.2) is 18.1 Å². The Hall–Kier alpha value is -1.25. The highest BCUT2D eigenvalue weighted by Gasteiger charge is 2.31. The van der Waals surface area contributed by atoms with Crippen LogP contribution in [0.5, 0.6) is 0 Å². The van der Waals surface area contributed by atoms with Crippen molar-refractivity contribution in [1.82, 2.24) is 4.98 Å². The normalized spacial score (nSPS) is 27.9. The summed E-state index contributed by atoms with van der Waals surface area (Å²) in [5, 5.41) is 0. The summed E-state index contributed by atoms with van der Waals surface area (Å²) >= 11 is 0. The van der Waals surface area contributed by atoms with Gasteiger partial charge in [0.1, 0.15) is 5.82 Å². The number of rotatable bonds is 1. The third-order valence-corrected chi connectivity index (χ3v) is 4.75. The number of pyridine rings is 1. The van der Waals surface area contributed by atoms with Gasteiger partial charge in [0.15, 0.2) is 0 Å².